The molecule has 0 aliphatic heterocycles. The zero-order valence-corrected chi connectivity index (χ0v) is 15.2. The molecule has 0 spiro atoms. The SMILES string of the molecule is CCOCCn1c(=O)[nH]c2cc(C(=O)NCC3(CO)CCCC3)ccc21. The van der Waals surface area contributed by atoms with Crippen molar-refractivity contribution in [2.45, 2.75) is 39.2 Å². The van der Waals surface area contributed by atoms with Crippen LogP contribution in [0.4, 0.5) is 0 Å². The van der Waals surface area contributed by atoms with Crippen LogP contribution in [-0.4, -0.2) is 46.9 Å². The zero-order valence-electron chi connectivity index (χ0n) is 15.2. The van der Waals surface area contributed by atoms with Crippen molar-refractivity contribution in [2.75, 3.05) is 26.4 Å². The van der Waals surface area contributed by atoms with Gasteiger partial charge in [0, 0.05) is 24.1 Å². The smallest absolute Gasteiger partial charge is 0.326 e. The average molecular weight is 361 g/mol. The van der Waals surface area contributed by atoms with Gasteiger partial charge < -0.3 is 20.1 Å². The van der Waals surface area contributed by atoms with E-state index in [2.05, 4.69) is 10.3 Å². The fourth-order valence-corrected chi connectivity index (χ4v) is 3.71. The van der Waals surface area contributed by atoms with Crippen LogP contribution in [0.3, 0.4) is 0 Å². The Morgan fingerprint density at radius 1 is 1.38 bits per heavy atom. The predicted molar refractivity (Wildman–Crippen MR) is 99.4 cm³/mol. The summed E-state index contributed by atoms with van der Waals surface area (Å²) in [6.45, 7) is 4.03. The van der Waals surface area contributed by atoms with E-state index in [1.165, 1.54) is 0 Å². The summed E-state index contributed by atoms with van der Waals surface area (Å²) in [5.41, 5.74) is 1.51. The number of aliphatic hydroxyl groups excluding tert-OH is 1. The summed E-state index contributed by atoms with van der Waals surface area (Å²) in [5.74, 6) is -0.186. The molecular weight excluding hydrogens is 334 g/mol. The largest absolute Gasteiger partial charge is 0.396 e. The molecule has 1 fully saturated rings. The Labute approximate surface area is 152 Å². The Bertz CT molecular complexity index is 818. The molecule has 1 aliphatic carbocycles. The van der Waals surface area contributed by atoms with Gasteiger partial charge in [0.1, 0.15) is 0 Å². The second-order valence-corrected chi connectivity index (χ2v) is 7.06. The predicted octanol–water partition coefficient (Wildman–Crippen LogP) is 1.65. The van der Waals surface area contributed by atoms with Crippen LogP contribution in [0.1, 0.15) is 43.0 Å². The topological polar surface area (TPSA) is 96.4 Å². The van der Waals surface area contributed by atoms with Crippen molar-refractivity contribution < 1.29 is 14.6 Å². The number of nitrogens with zero attached hydrogens (tertiary/aromatic N) is 1. The highest BCUT2D eigenvalue weighted by Crippen LogP contribution is 2.36. The number of ether oxygens (including phenoxy) is 1. The van der Waals surface area contributed by atoms with Crippen molar-refractivity contribution in [1.29, 1.82) is 0 Å². The Balaban J connectivity index is 1.72. The first kappa shape index (κ1) is 18.7. The summed E-state index contributed by atoms with van der Waals surface area (Å²) in [6.07, 6.45) is 4.08. The molecule has 1 heterocycles. The van der Waals surface area contributed by atoms with Gasteiger partial charge >= 0.3 is 5.69 Å². The Morgan fingerprint density at radius 2 is 2.15 bits per heavy atom. The number of carbonyl (C=O) groups excluding carboxylic acids is 1. The van der Waals surface area contributed by atoms with E-state index >= 15 is 0 Å². The minimum atomic E-state index is -0.206. The van der Waals surface area contributed by atoms with Crippen LogP contribution < -0.4 is 11.0 Å². The van der Waals surface area contributed by atoms with Gasteiger partial charge in [0.25, 0.3) is 5.91 Å². The summed E-state index contributed by atoms with van der Waals surface area (Å²) in [6, 6.07) is 5.21. The lowest BCUT2D eigenvalue weighted by molar-refractivity contribution is 0.0880. The monoisotopic (exact) mass is 361 g/mol. The third-order valence-electron chi connectivity index (χ3n) is 5.32. The van der Waals surface area contributed by atoms with Crippen LogP contribution in [0.15, 0.2) is 23.0 Å². The molecule has 2 aromatic rings. The molecule has 142 valence electrons. The van der Waals surface area contributed by atoms with E-state index in [0.717, 1.165) is 31.2 Å². The minimum absolute atomic E-state index is 0.0995. The number of benzene rings is 1. The number of hydrogen-bond donors (Lipinski definition) is 3. The maximum atomic E-state index is 12.5. The summed E-state index contributed by atoms with van der Waals surface area (Å²) >= 11 is 0. The lowest BCUT2D eigenvalue weighted by Gasteiger charge is -2.26. The first-order chi connectivity index (χ1) is 12.6. The molecule has 1 amide bonds. The lowest BCUT2D eigenvalue weighted by Crippen LogP contribution is -2.38. The van der Waals surface area contributed by atoms with Crippen LogP contribution in [0, 0.1) is 5.41 Å². The summed E-state index contributed by atoms with van der Waals surface area (Å²) in [5, 5.41) is 12.6. The number of aromatic nitrogens is 2. The third kappa shape index (κ3) is 3.83. The molecular formula is C19H27N3O4. The van der Waals surface area contributed by atoms with E-state index in [1.54, 1.807) is 22.8 Å². The number of nitrogens with one attached hydrogen (secondary N) is 2. The summed E-state index contributed by atoms with van der Waals surface area (Å²) < 4.78 is 6.93. The summed E-state index contributed by atoms with van der Waals surface area (Å²) in [7, 11) is 0. The van der Waals surface area contributed by atoms with E-state index in [4.69, 9.17) is 4.74 Å². The van der Waals surface area contributed by atoms with E-state index in [9.17, 15) is 14.7 Å². The number of imidazole rings is 1. The molecule has 0 radical (unpaired) electrons. The van der Waals surface area contributed by atoms with Gasteiger partial charge in [-0.15, -0.1) is 0 Å². The van der Waals surface area contributed by atoms with Crippen LogP contribution in [0.5, 0.6) is 0 Å². The number of aliphatic hydroxyl groups is 1. The standard InChI is InChI=1S/C19H27N3O4/c1-2-26-10-9-22-16-6-5-14(11-15(16)21-18(22)25)17(24)20-12-19(13-23)7-3-4-8-19/h5-6,11,23H,2-4,7-10,12-13H2,1H3,(H,20,24)(H,21,25). The number of fused-ring (bicyclic) bond motifs is 1. The van der Waals surface area contributed by atoms with E-state index in [-0.39, 0.29) is 23.6 Å². The number of H-pyrrole nitrogens is 1. The Morgan fingerprint density at radius 3 is 2.85 bits per heavy atom. The normalized spacial score (nSPS) is 16.2. The van der Waals surface area contributed by atoms with Crippen molar-refractivity contribution in [2.24, 2.45) is 5.41 Å². The number of carbonyl (C=O) groups is 1. The molecule has 3 rings (SSSR count). The highest BCUT2D eigenvalue weighted by molar-refractivity contribution is 5.97. The number of aromatic amines is 1. The Kier molecular flexibility index (Phi) is 5.78. The molecule has 26 heavy (non-hydrogen) atoms. The maximum Gasteiger partial charge on any atom is 0.326 e. The molecule has 3 N–H and O–H groups in total. The first-order valence-electron chi connectivity index (χ1n) is 9.28. The lowest BCUT2D eigenvalue weighted by atomic mass is 9.87. The molecule has 1 aromatic heterocycles. The molecule has 1 saturated carbocycles. The number of rotatable bonds is 8. The van der Waals surface area contributed by atoms with Gasteiger partial charge in [-0.05, 0) is 38.0 Å². The maximum absolute atomic E-state index is 12.5. The van der Waals surface area contributed by atoms with E-state index in [1.807, 2.05) is 6.92 Å². The Hall–Kier alpha value is -2.12. The quantitative estimate of drug-likeness (QED) is 0.623. The second-order valence-electron chi connectivity index (χ2n) is 7.06. The van der Waals surface area contributed by atoms with Crippen molar-refractivity contribution in [3.05, 3.63) is 34.2 Å². The minimum Gasteiger partial charge on any atom is -0.396 e. The molecule has 0 saturated heterocycles. The molecule has 1 aliphatic rings. The van der Waals surface area contributed by atoms with Gasteiger partial charge in [-0.25, -0.2) is 4.79 Å². The molecule has 0 bridgehead atoms. The zero-order chi connectivity index (χ0) is 18.6. The number of hydrogen-bond acceptors (Lipinski definition) is 4. The molecule has 0 atom stereocenters. The number of amides is 1. The van der Waals surface area contributed by atoms with E-state index in [0.29, 0.717) is 37.4 Å². The van der Waals surface area contributed by atoms with Gasteiger partial charge in [0.05, 0.1) is 30.8 Å². The van der Waals surface area contributed by atoms with Crippen molar-refractivity contribution >= 4 is 16.9 Å². The molecule has 7 heteroatoms. The first-order valence-corrected chi connectivity index (χ1v) is 9.28. The van der Waals surface area contributed by atoms with Crippen molar-refractivity contribution in [3.8, 4) is 0 Å². The van der Waals surface area contributed by atoms with Crippen molar-refractivity contribution in [3.63, 3.8) is 0 Å². The van der Waals surface area contributed by atoms with Gasteiger partial charge in [-0.3, -0.25) is 9.36 Å². The van der Waals surface area contributed by atoms with Gasteiger partial charge in [-0.1, -0.05) is 12.8 Å². The second kappa shape index (κ2) is 8.05. The van der Waals surface area contributed by atoms with Crippen LogP contribution in [0.25, 0.3) is 11.0 Å². The third-order valence-corrected chi connectivity index (χ3v) is 5.32. The van der Waals surface area contributed by atoms with Crippen LogP contribution in [0.2, 0.25) is 0 Å². The van der Waals surface area contributed by atoms with Crippen LogP contribution >= 0.6 is 0 Å². The van der Waals surface area contributed by atoms with Gasteiger partial charge in [-0.2, -0.15) is 0 Å². The van der Waals surface area contributed by atoms with E-state index < -0.39 is 0 Å². The highest BCUT2D eigenvalue weighted by atomic mass is 16.5. The highest BCUT2D eigenvalue weighted by Gasteiger charge is 2.33. The molecule has 0 unspecified atom stereocenters. The van der Waals surface area contributed by atoms with Crippen LogP contribution in [-0.2, 0) is 11.3 Å². The van der Waals surface area contributed by atoms with Gasteiger partial charge in [0.2, 0.25) is 0 Å². The average Bonchev–Trinajstić information content (AvgIpc) is 3.24. The van der Waals surface area contributed by atoms with Gasteiger partial charge in [0.15, 0.2) is 0 Å². The molecule has 7 nitrogen and oxygen atoms in total. The van der Waals surface area contributed by atoms with Crippen molar-refractivity contribution in [1.82, 2.24) is 14.9 Å². The fraction of sp³-hybridized carbons (Fsp3) is 0.579. The summed E-state index contributed by atoms with van der Waals surface area (Å²) in [4.78, 5) is 27.4. The fourth-order valence-electron chi connectivity index (χ4n) is 3.71. The molecule has 1 aromatic carbocycles.